The van der Waals surface area contributed by atoms with Gasteiger partial charge in [-0.2, -0.15) is 0 Å². The van der Waals surface area contributed by atoms with Gasteiger partial charge in [-0.25, -0.2) is 0 Å². The first-order valence-corrected chi connectivity index (χ1v) is 6.19. The molecule has 4 heteroatoms. The second-order valence-electron chi connectivity index (χ2n) is 4.31. The van der Waals surface area contributed by atoms with Crippen LogP contribution in [-0.4, -0.2) is 17.9 Å². The molecule has 0 saturated heterocycles. The van der Waals surface area contributed by atoms with Crippen molar-refractivity contribution in [2.24, 2.45) is 0 Å². The average molecular weight is 255 g/mol. The van der Waals surface area contributed by atoms with Crippen LogP contribution in [0.2, 0.25) is 0 Å². The van der Waals surface area contributed by atoms with Crippen LogP contribution in [0.25, 0.3) is 0 Å². The first-order chi connectivity index (χ1) is 9.20. The van der Waals surface area contributed by atoms with E-state index in [0.29, 0.717) is 5.56 Å². The summed E-state index contributed by atoms with van der Waals surface area (Å²) in [5.74, 6) is -0.0831. The van der Waals surface area contributed by atoms with Crippen LogP contribution < -0.4 is 10.6 Å². The molecule has 98 valence electrons. The van der Waals surface area contributed by atoms with Crippen molar-refractivity contribution in [3.8, 4) is 0 Å². The predicted octanol–water partition coefficient (Wildman–Crippen LogP) is 2.61. The molecular weight excluding hydrogens is 238 g/mol. The third-order valence-electron chi connectivity index (χ3n) is 2.94. The first-order valence-electron chi connectivity index (χ1n) is 6.19. The number of nitrogens with zero attached hydrogens (tertiary/aromatic N) is 1. The minimum Gasteiger partial charge on any atom is -0.378 e. The van der Waals surface area contributed by atoms with Gasteiger partial charge < -0.3 is 10.6 Å². The van der Waals surface area contributed by atoms with Crippen LogP contribution in [0.4, 0.5) is 5.69 Å². The van der Waals surface area contributed by atoms with Crippen LogP contribution in [0.1, 0.15) is 28.9 Å². The van der Waals surface area contributed by atoms with Crippen molar-refractivity contribution in [2.45, 2.75) is 13.0 Å². The lowest BCUT2D eigenvalue weighted by atomic mass is 10.1. The monoisotopic (exact) mass is 255 g/mol. The summed E-state index contributed by atoms with van der Waals surface area (Å²) in [7, 11) is 1.63. The van der Waals surface area contributed by atoms with Gasteiger partial charge in [0.15, 0.2) is 0 Å². The molecule has 0 saturated carbocycles. The summed E-state index contributed by atoms with van der Waals surface area (Å²) in [6.07, 6.45) is 3.54. The van der Waals surface area contributed by atoms with E-state index >= 15 is 0 Å². The number of carbonyl (C=O) groups is 1. The Balaban J connectivity index is 2.13. The highest BCUT2D eigenvalue weighted by Crippen LogP contribution is 2.19. The van der Waals surface area contributed by atoms with Gasteiger partial charge in [-0.15, -0.1) is 0 Å². The number of hydrogen-bond donors (Lipinski definition) is 2. The van der Waals surface area contributed by atoms with Gasteiger partial charge in [0.2, 0.25) is 0 Å². The molecule has 1 aromatic heterocycles. The topological polar surface area (TPSA) is 54.0 Å². The number of rotatable bonds is 4. The van der Waals surface area contributed by atoms with Gasteiger partial charge in [0, 0.05) is 36.7 Å². The fourth-order valence-corrected chi connectivity index (χ4v) is 1.88. The summed E-state index contributed by atoms with van der Waals surface area (Å²) in [5, 5.41) is 5.99. The molecule has 2 N–H and O–H groups in total. The maximum atomic E-state index is 11.6. The summed E-state index contributed by atoms with van der Waals surface area (Å²) in [4.78, 5) is 15.6. The van der Waals surface area contributed by atoms with Crippen LogP contribution in [0, 0.1) is 0 Å². The Morgan fingerprint density at radius 1 is 1.21 bits per heavy atom. The first kappa shape index (κ1) is 13.1. The lowest BCUT2D eigenvalue weighted by Crippen LogP contribution is -2.18. The Morgan fingerprint density at radius 2 is 1.95 bits per heavy atom. The molecule has 2 aromatic rings. The fourth-order valence-electron chi connectivity index (χ4n) is 1.88. The van der Waals surface area contributed by atoms with E-state index in [1.54, 1.807) is 25.5 Å². The second kappa shape index (κ2) is 6.00. The zero-order valence-electron chi connectivity index (χ0n) is 11.1. The van der Waals surface area contributed by atoms with Gasteiger partial charge in [0.05, 0.1) is 0 Å². The third-order valence-corrected chi connectivity index (χ3v) is 2.94. The van der Waals surface area contributed by atoms with E-state index in [0.717, 1.165) is 11.3 Å². The summed E-state index contributed by atoms with van der Waals surface area (Å²) in [6, 6.07) is 11.6. The molecule has 0 aliphatic carbocycles. The predicted molar refractivity (Wildman–Crippen MR) is 76.1 cm³/mol. The minimum atomic E-state index is -0.0831. The van der Waals surface area contributed by atoms with E-state index in [-0.39, 0.29) is 11.9 Å². The normalized spacial score (nSPS) is 11.7. The largest absolute Gasteiger partial charge is 0.378 e. The molecule has 0 bridgehead atoms. The Morgan fingerprint density at radius 3 is 2.63 bits per heavy atom. The maximum absolute atomic E-state index is 11.6. The molecule has 0 aliphatic rings. The fraction of sp³-hybridized carbons (Fsp3) is 0.200. The van der Waals surface area contributed by atoms with Crippen LogP contribution >= 0.6 is 0 Å². The molecule has 19 heavy (non-hydrogen) atoms. The van der Waals surface area contributed by atoms with Gasteiger partial charge in [-0.1, -0.05) is 6.07 Å². The van der Waals surface area contributed by atoms with Crippen molar-refractivity contribution < 1.29 is 4.79 Å². The van der Waals surface area contributed by atoms with Crippen LogP contribution in [0.15, 0.2) is 48.8 Å². The van der Waals surface area contributed by atoms with Crippen molar-refractivity contribution in [2.75, 3.05) is 12.4 Å². The van der Waals surface area contributed by atoms with Crippen molar-refractivity contribution in [1.29, 1.82) is 0 Å². The summed E-state index contributed by atoms with van der Waals surface area (Å²) < 4.78 is 0. The third kappa shape index (κ3) is 3.31. The number of pyridine rings is 1. The summed E-state index contributed by atoms with van der Waals surface area (Å²) >= 11 is 0. The molecular formula is C15H17N3O. The number of carbonyl (C=O) groups excluding carboxylic acids is 1. The Labute approximate surface area is 112 Å². The van der Waals surface area contributed by atoms with Crippen LogP contribution in [0.3, 0.4) is 0 Å². The van der Waals surface area contributed by atoms with E-state index in [1.807, 2.05) is 30.3 Å². The van der Waals surface area contributed by atoms with E-state index in [1.165, 1.54) is 0 Å². The van der Waals surface area contributed by atoms with Crippen molar-refractivity contribution >= 4 is 11.6 Å². The number of aromatic nitrogens is 1. The van der Waals surface area contributed by atoms with Gasteiger partial charge in [-0.3, -0.25) is 9.78 Å². The molecule has 0 spiro atoms. The number of nitrogens with one attached hydrogen (secondary N) is 2. The van der Waals surface area contributed by atoms with Crippen LogP contribution in [-0.2, 0) is 0 Å². The molecule has 0 fully saturated rings. The van der Waals surface area contributed by atoms with Crippen molar-refractivity contribution in [3.63, 3.8) is 0 Å². The molecule has 2 rings (SSSR count). The zero-order valence-corrected chi connectivity index (χ0v) is 11.1. The zero-order chi connectivity index (χ0) is 13.7. The lowest BCUT2D eigenvalue weighted by Gasteiger charge is -2.16. The molecule has 1 aromatic carbocycles. The number of benzene rings is 1. The van der Waals surface area contributed by atoms with Gasteiger partial charge in [-0.05, 0) is 42.8 Å². The molecule has 1 atom stereocenters. The standard InChI is InChI=1S/C15H17N3O/c1-11(12-6-8-17-9-7-12)18-14-5-3-4-13(10-14)15(19)16-2/h3-11,18H,1-2H3,(H,16,19). The number of hydrogen-bond acceptors (Lipinski definition) is 3. The summed E-state index contributed by atoms with van der Waals surface area (Å²) in [5.41, 5.74) is 2.72. The Hall–Kier alpha value is -2.36. The van der Waals surface area contributed by atoms with Crippen LogP contribution in [0.5, 0.6) is 0 Å². The molecule has 4 nitrogen and oxygen atoms in total. The smallest absolute Gasteiger partial charge is 0.251 e. The lowest BCUT2D eigenvalue weighted by molar-refractivity contribution is 0.0963. The number of amides is 1. The summed E-state index contributed by atoms with van der Waals surface area (Å²) in [6.45, 7) is 2.07. The molecule has 1 unspecified atom stereocenters. The second-order valence-corrected chi connectivity index (χ2v) is 4.31. The van der Waals surface area contributed by atoms with E-state index in [2.05, 4.69) is 22.5 Å². The SMILES string of the molecule is CNC(=O)c1cccc(NC(C)c2ccncc2)c1. The maximum Gasteiger partial charge on any atom is 0.251 e. The van der Waals surface area contributed by atoms with Crippen molar-refractivity contribution in [1.82, 2.24) is 10.3 Å². The van der Waals surface area contributed by atoms with E-state index in [4.69, 9.17) is 0 Å². The highest BCUT2D eigenvalue weighted by molar-refractivity contribution is 5.94. The van der Waals surface area contributed by atoms with Crippen molar-refractivity contribution in [3.05, 3.63) is 59.9 Å². The van der Waals surface area contributed by atoms with Gasteiger partial charge >= 0.3 is 0 Å². The molecule has 0 aliphatic heterocycles. The molecule has 0 radical (unpaired) electrons. The van der Waals surface area contributed by atoms with E-state index in [9.17, 15) is 4.79 Å². The average Bonchev–Trinajstić information content (AvgIpc) is 2.47. The van der Waals surface area contributed by atoms with E-state index < -0.39 is 0 Å². The minimum absolute atomic E-state index is 0.0831. The highest BCUT2D eigenvalue weighted by Gasteiger charge is 2.07. The quantitative estimate of drug-likeness (QED) is 0.883. The number of anilines is 1. The molecule has 1 heterocycles. The Bertz CT molecular complexity index is 554. The molecule has 1 amide bonds. The Kier molecular flexibility index (Phi) is 4.13. The highest BCUT2D eigenvalue weighted by atomic mass is 16.1. The van der Waals surface area contributed by atoms with Gasteiger partial charge in [0.25, 0.3) is 5.91 Å². The van der Waals surface area contributed by atoms with Gasteiger partial charge in [0.1, 0.15) is 0 Å².